The Morgan fingerprint density at radius 1 is 1.38 bits per heavy atom. The summed E-state index contributed by atoms with van der Waals surface area (Å²) in [7, 11) is 0. The van der Waals surface area contributed by atoms with Crippen LogP contribution in [0.3, 0.4) is 0 Å². The highest BCUT2D eigenvalue weighted by Crippen LogP contribution is 2.40. The minimum absolute atomic E-state index is 0.200. The van der Waals surface area contributed by atoms with Gasteiger partial charge in [-0.1, -0.05) is 35.3 Å². The Hall–Kier alpha value is 0.910. The molecule has 0 aliphatic rings. The SMILES string of the molecule is CCCCCP(C)Br. The van der Waals surface area contributed by atoms with Crippen LogP contribution >= 0.6 is 22.1 Å². The first-order valence-electron chi connectivity index (χ1n) is 3.14. The van der Waals surface area contributed by atoms with Crippen molar-refractivity contribution in [3.63, 3.8) is 0 Å². The van der Waals surface area contributed by atoms with E-state index in [2.05, 4.69) is 29.1 Å². The van der Waals surface area contributed by atoms with Gasteiger partial charge in [-0.25, -0.2) is 0 Å². The van der Waals surface area contributed by atoms with Gasteiger partial charge in [0.25, 0.3) is 0 Å². The highest BCUT2D eigenvalue weighted by atomic mass is 79.9. The van der Waals surface area contributed by atoms with Crippen LogP contribution in [-0.4, -0.2) is 12.8 Å². The maximum Gasteiger partial charge on any atom is -0.0230 e. The molecule has 0 rings (SSSR count). The Balaban J connectivity index is 2.72. The fourth-order valence-electron chi connectivity index (χ4n) is 0.580. The van der Waals surface area contributed by atoms with Gasteiger partial charge in [-0.05, 0) is 25.9 Å². The summed E-state index contributed by atoms with van der Waals surface area (Å²) in [4.78, 5) is 0. The monoisotopic (exact) mass is 196 g/mol. The first kappa shape index (κ1) is 8.91. The molecular weight excluding hydrogens is 183 g/mol. The fraction of sp³-hybridized carbons (Fsp3) is 1.00. The Bertz CT molecular complexity index is 45.8. The number of halogens is 1. The van der Waals surface area contributed by atoms with Crippen LogP contribution in [0.15, 0.2) is 0 Å². The molecule has 0 aromatic carbocycles. The zero-order valence-corrected chi connectivity index (χ0v) is 8.13. The van der Waals surface area contributed by atoms with Crippen LogP contribution in [0.1, 0.15) is 26.2 Å². The van der Waals surface area contributed by atoms with Gasteiger partial charge in [0, 0.05) is 0 Å². The molecule has 1 atom stereocenters. The predicted molar refractivity (Wildman–Crippen MR) is 46.2 cm³/mol. The lowest BCUT2D eigenvalue weighted by Crippen LogP contribution is -1.76. The third kappa shape index (κ3) is 6.91. The summed E-state index contributed by atoms with van der Waals surface area (Å²) in [5.41, 5.74) is 0. The second-order valence-electron chi connectivity index (χ2n) is 2.04. The molecule has 0 amide bonds. The van der Waals surface area contributed by atoms with Crippen LogP contribution < -0.4 is 0 Å². The number of hydrogen-bond donors (Lipinski definition) is 0. The molecule has 0 N–H and O–H groups in total. The number of hydrogen-bond acceptors (Lipinski definition) is 0. The quantitative estimate of drug-likeness (QED) is 0.477. The van der Waals surface area contributed by atoms with E-state index in [1.165, 1.54) is 25.4 Å². The van der Waals surface area contributed by atoms with Gasteiger partial charge in [-0.15, -0.1) is 0 Å². The molecule has 0 aromatic heterocycles. The molecule has 0 saturated heterocycles. The van der Waals surface area contributed by atoms with Crippen LogP contribution in [0.25, 0.3) is 0 Å². The average molecular weight is 197 g/mol. The van der Waals surface area contributed by atoms with E-state index in [0.717, 1.165) is 0 Å². The highest BCUT2D eigenvalue weighted by molar-refractivity contribution is 9.39. The van der Waals surface area contributed by atoms with E-state index in [1.54, 1.807) is 0 Å². The topological polar surface area (TPSA) is 0 Å². The molecule has 0 nitrogen and oxygen atoms in total. The van der Waals surface area contributed by atoms with Gasteiger partial charge < -0.3 is 0 Å². The van der Waals surface area contributed by atoms with Crippen molar-refractivity contribution in [2.75, 3.05) is 12.8 Å². The largest absolute Gasteiger partial charge is 0.0654 e. The molecule has 0 radical (unpaired) electrons. The van der Waals surface area contributed by atoms with Crippen molar-refractivity contribution in [2.45, 2.75) is 26.2 Å². The van der Waals surface area contributed by atoms with Crippen molar-refractivity contribution < 1.29 is 0 Å². The maximum atomic E-state index is 3.57. The van der Waals surface area contributed by atoms with Crippen LogP contribution in [0.5, 0.6) is 0 Å². The van der Waals surface area contributed by atoms with E-state index in [0.29, 0.717) is 0 Å². The molecule has 8 heavy (non-hydrogen) atoms. The molecular formula is C6H14BrP. The zero-order chi connectivity index (χ0) is 6.41. The normalized spacial score (nSPS) is 13.9. The maximum absolute atomic E-state index is 3.57. The second-order valence-corrected chi connectivity index (χ2v) is 7.32. The van der Waals surface area contributed by atoms with E-state index in [4.69, 9.17) is 0 Å². The second kappa shape index (κ2) is 6.04. The number of unbranched alkanes of at least 4 members (excludes halogenated alkanes) is 2. The molecule has 0 aliphatic heterocycles. The smallest absolute Gasteiger partial charge is 0.0230 e. The molecule has 0 aromatic rings. The summed E-state index contributed by atoms with van der Waals surface area (Å²) in [6.45, 7) is 4.71. The summed E-state index contributed by atoms with van der Waals surface area (Å²) in [6.07, 6.45) is 5.54. The molecule has 2 heteroatoms. The van der Waals surface area contributed by atoms with Crippen molar-refractivity contribution in [1.29, 1.82) is 0 Å². The van der Waals surface area contributed by atoms with Crippen LogP contribution in [-0.2, 0) is 0 Å². The standard InChI is InChI=1S/C6H14BrP/c1-3-4-5-6-8(2)7/h3-6H2,1-2H3. The molecule has 0 spiro atoms. The van der Waals surface area contributed by atoms with Crippen molar-refractivity contribution in [1.82, 2.24) is 0 Å². The van der Waals surface area contributed by atoms with Gasteiger partial charge in [0.1, 0.15) is 0 Å². The summed E-state index contributed by atoms with van der Waals surface area (Å²) in [6, 6.07) is 0. The Kier molecular flexibility index (Phi) is 6.72. The first-order chi connectivity index (χ1) is 3.77. The molecule has 0 aliphatic carbocycles. The number of rotatable bonds is 4. The molecule has 0 heterocycles. The first-order valence-corrected chi connectivity index (χ1v) is 7.13. The Labute approximate surface area is 61.5 Å². The summed E-state index contributed by atoms with van der Waals surface area (Å²) in [5.74, 6) is 0. The summed E-state index contributed by atoms with van der Waals surface area (Å²) in [5, 5.41) is 0. The average Bonchev–Trinajstić information content (AvgIpc) is 1.66. The van der Waals surface area contributed by atoms with Gasteiger partial charge >= 0.3 is 0 Å². The molecule has 0 bridgehead atoms. The van der Waals surface area contributed by atoms with Crippen LogP contribution in [0.2, 0.25) is 0 Å². The summed E-state index contributed by atoms with van der Waals surface area (Å²) >= 11 is 3.57. The third-order valence-corrected chi connectivity index (χ3v) is 3.07. The van der Waals surface area contributed by atoms with Gasteiger partial charge in [0.15, 0.2) is 0 Å². The molecule has 0 saturated carbocycles. The lowest BCUT2D eigenvalue weighted by molar-refractivity contribution is 0.777. The third-order valence-electron chi connectivity index (χ3n) is 1.07. The van der Waals surface area contributed by atoms with E-state index in [1.807, 2.05) is 0 Å². The highest BCUT2D eigenvalue weighted by Gasteiger charge is 1.91. The van der Waals surface area contributed by atoms with E-state index in [9.17, 15) is 0 Å². The minimum atomic E-state index is 0.200. The van der Waals surface area contributed by atoms with Gasteiger partial charge in [0.05, 0.1) is 0 Å². The minimum Gasteiger partial charge on any atom is -0.0654 e. The molecule has 50 valence electrons. The lowest BCUT2D eigenvalue weighted by atomic mass is 10.3. The Morgan fingerprint density at radius 3 is 2.38 bits per heavy atom. The lowest BCUT2D eigenvalue weighted by Gasteiger charge is -1.99. The van der Waals surface area contributed by atoms with Crippen molar-refractivity contribution in [2.24, 2.45) is 0 Å². The molecule has 0 fully saturated rings. The van der Waals surface area contributed by atoms with Crippen LogP contribution in [0.4, 0.5) is 0 Å². The molecule has 1 unspecified atom stereocenters. The van der Waals surface area contributed by atoms with E-state index in [-0.39, 0.29) is 6.62 Å². The Morgan fingerprint density at radius 2 is 2.00 bits per heavy atom. The van der Waals surface area contributed by atoms with Gasteiger partial charge in [0.2, 0.25) is 0 Å². The van der Waals surface area contributed by atoms with E-state index >= 15 is 0 Å². The van der Waals surface area contributed by atoms with Crippen LogP contribution in [0, 0.1) is 0 Å². The van der Waals surface area contributed by atoms with Gasteiger partial charge in [-0.3, -0.25) is 0 Å². The van der Waals surface area contributed by atoms with Crippen molar-refractivity contribution in [3.05, 3.63) is 0 Å². The zero-order valence-electron chi connectivity index (χ0n) is 5.65. The van der Waals surface area contributed by atoms with Gasteiger partial charge in [-0.2, -0.15) is 0 Å². The van der Waals surface area contributed by atoms with Crippen molar-refractivity contribution in [3.8, 4) is 0 Å². The fourth-order valence-corrected chi connectivity index (χ4v) is 1.99. The predicted octanol–water partition coefficient (Wildman–Crippen LogP) is 3.60. The van der Waals surface area contributed by atoms with Crippen molar-refractivity contribution >= 4 is 22.1 Å². The summed E-state index contributed by atoms with van der Waals surface area (Å²) < 4.78 is 0. The van der Waals surface area contributed by atoms with E-state index < -0.39 is 0 Å².